The second-order valence-electron chi connectivity index (χ2n) is 7.07. The van der Waals surface area contributed by atoms with Crippen LogP contribution in [-0.2, 0) is 4.79 Å². The van der Waals surface area contributed by atoms with Crippen LogP contribution in [0.25, 0.3) is 0 Å². The summed E-state index contributed by atoms with van der Waals surface area (Å²) in [7, 11) is 5.12. The van der Waals surface area contributed by atoms with Gasteiger partial charge in [-0.2, -0.15) is 0 Å². The predicted molar refractivity (Wildman–Crippen MR) is 97.4 cm³/mol. The number of amides is 3. The van der Waals surface area contributed by atoms with Crippen molar-refractivity contribution in [1.29, 1.82) is 0 Å². The van der Waals surface area contributed by atoms with Crippen LogP contribution in [0, 0.1) is 5.92 Å². The Kier molecular flexibility index (Phi) is 5.54. The number of ether oxygens (including phenoxy) is 2. The lowest BCUT2D eigenvalue weighted by Gasteiger charge is -2.42. The van der Waals surface area contributed by atoms with E-state index >= 15 is 0 Å². The molecule has 0 radical (unpaired) electrons. The minimum Gasteiger partial charge on any atom is -0.493 e. The first-order valence-electron chi connectivity index (χ1n) is 9.04. The van der Waals surface area contributed by atoms with Crippen molar-refractivity contribution in [2.75, 3.05) is 47.4 Å². The van der Waals surface area contributed by atoms with Crippen LogP contribution in [-0.4, -0.2) is 80.1 Å². The molecule has 3 amide bonds. The molecule has 0 aliphatic carbocycles. The molecule has 7 nitrogen and oxygen atoms in total. The maximum atomic E-state index is 12.6. The van der Waals surface area contributed by atoms with Crippen LogP contribution in [0.5, 0.6) is 11.5 Å². The van der Waals surface area contributed by atoms with Crippen LogP contribution in [0.15, 0.2) is 24.3 Å². The highest BCUT2D eigenvalue weighted by Gasteiger charge is 2.37. The van der Waals surface area contributed by atoms with Gasteiger partial charge in [0.2, 0.25) is 5.91 Å². The van der Waals surface area contributed by atoms with Crippen molar-refractivity contribution in [1.82, 2.24) is 14.7 Å². The SMILES string of the molecule is COc1ccccc1OC1CN(C(=O)C2CCN(C(=O)N(C)C)CC2)C1. The van der Waals surface area contributed by atoms with E-state index in [1.54, 1.807) is 26.1 Å². The van der Waals surface area contributed by atoms with Crippen LogP contribution >= 0.6 is 0 Å². The van der Waals surface area contributed by atoms with E-state index in [9.17, 15) is 9.59 Å². The van der Waals surface area contributed by atoms with Gasteiger partial charge in [-0.05, 0) is 25.0 Å². The number of para-hydroxylation sites is 2. The summed E-state index contributed by atoms with van der Waals surface area (Å²) in [6, 6.07) is 7.56. The van der Waals surface area contributed by atoms with E-state index in [4.69, 9.17) is 9.47 Å². The normalized spacial score (nSPS) is 18.3. The van der Waals surface area contributed by atoms with Crippen molar-refractivity contribution in [2.24, 2.45) is 5.92 Å². The fourth-order valence-corrected chi connectivity index (χ4v) is 3.45. The Morgan fingerprint density at radius 2 is 1.65 bits per heavy atom. The van der Waals surface area contributed by atoms with Crippen molar-refractivity contribution in [3.05, 3.63) is 24.3 Å². The Bertz CT molecular complexity index is 650. The van der Waals surface area contributed by atoms with Gasteiger partial charge in [0.1, 0.15) is 6.10 Å². The van der Waals surface area contributed by atoms with Gasteiger partial charge in [-0.3, -0.25) is 4.79 Å². The first-order valence-corrected chi connectivity index (χ1v) is 9.04. The van der Waals surface area contributed by atoms with Crippen LogP contribution in [0.1, 0.15) is 12.8 Å². The van der Waals surface area contributed by atoms with Gasteiger partial charge in [-0.1, -0.05) is 12.1 Å². The summed E-state index contributed by atoms with van der Waals surface area (Å²) < 4.78 is 11.2. The van der Waals surface area contributed by atoms with Gasteiger partial charge >= 0.3 is 6.03 Å². The molecule has 0 saturated carbocycles. The Balaban J connectivity index is 1.45. The number of likely N-dealkylation sites (tertiary alicyclic amines) is 2. The van der Waals surface area contributed by atoms with Gasteiger partial charge in [0.05, 0.1) is 20.2 Å². The molecule has 1 aromatic carbocycles. The molecular weight excluding hydrogens is 334 g/mol. The molecule has 0 spiro atoms. The summed E-state index contributed by atoms with van der Waals surface area (Å²) in [6.45, 7) is 2.49. The zero-order chi connectivity index (χ0) is 18.7. The summed E-state index contributed by atoms with van der Waals surface area (Å²) in [4.78, 5) is 29.9. The summed E-state index contributed by atoms with van der Waals surface area (Å²) >= 11 is 0. The van der Waals surface area contributed by atoms with Crippen molar-refractivity contribution >= 4 is 11.9 Å². The second kappa shape index (κ2) is 7.85. The number of rotatable bonds is 4. The standard InChI is InChI=1S/C19H27N3O4/c1-20(2)19(24)21-10-8-14(9-11-21)18(23)22-12-15(13-22)26-17-7-5-4-6-16(17)25-3/h4-7,14-15H,8-13H2,1-3H3. The monoisotopic (exact) mass is 361 g/mol. The summed E-state index contributed by atoms with van der Waals surface area (Å²) in [6.07, 6.45) is 1.46. The second-order valence-corrected chi connectivity index (χ2v) is 7.07. The lowest BCUT2D eigenvalue weighted by Crippen LogP contribution is -2.58. The van der Waals surface area contributed by atoms with E-state index in [0.717, 1.165) is 12.8 Å². The fraction of sp³-hybridized carbons (Fsp3) is 0.579. The molecule has 1 aromatic rings. The number of nitrogens with zero attached hydrogens (tertiary/aromatic N) is 3. The summed E-state index contributed by atoms with van der Waals surface area (Å²) in [5, 5.41) is 0. The molecule has 26 heavy (non-hydrogen) atoms. The molecule has 0 N–H and O–H groups in total. The zero-order valence-corrected chi connectivity index (χ0v) is 15.7. The van der Waals surface area contributed by atoms with Gasteiger partial charge in [-0.25, -0.2) is 4.79 Å². The molecular formula is C19H27N3O4. The van der Waals surface area contributed by atoms with Gasteiger partial charge in [0, 0.05) is 33.1 Å². The minimum absolute atomic E-state index is 0.00524. The lowest BCUT2D eigenvalue weighted by atomic mass is 9.94. The van der Waals surface area contributed by atoms with E-state index in [1.165, 1.54) is 0 Å². The molecule has 142 valence electrons. The predicted octanol–water partition coefficient (Wildman–Crippen LogP) is 1.68. The molecule has 0 bridgehead atoms. The Morgan fingerprint density at radius 3 is 2.23 bits per heavy atom. The van der Waals surface area contributed by atoms with Crippen LogP contribution in [0.4, 0.5) is 4.79 Å². The number of benzene rings is 1. The highest BCUT2D eigenvalue weighted by molar-refractivity contribution is 5.80. The molecule has 2 heterocycles. The topological polar surface area (TPSA) is 62.3 Å². The Hall–Kier alpha value is -2.44. The van der Waals surface area contributed by atoms with Crippen molar-refractivity contribution in [3.8, 4) is 11.5 Å². The van der Waals surface area contributed by atoms with Gasteiger partial charge in [0.15, 0.2) is 11.5 Å². The maximum Gasteiger partial charge on any atom is 0.319 e. The van der Waals surface area contributed by atoms with E-state index in [1.807, 2.05) is 34.1 Å². The molecule has 7 heteroatoms. The van der Waals surface area contributed by atoms with Crippen molar-refractivity contribution in [2.45, 2.75) is 18.9 Å². The Labute approximate surface area is 154 Å². The molecule has 0 aromatic heterocycles. The Morgan fingerprint density at radius 1 is 1.04 bits per heavy atom. The number of piperidine rings is 1. The zero-order valence-electron chi connectivity index (χ0n) is 15.7. The number of hydrogen-bond acceptors (Lipinski definition) is 4. The van der Waals surface area contributed by atoms with Gasteiger partial charge < -0.3 is 24.2 Å². The number of urea groups is 1. The largest absolute Gasteiger partial charge is 0.493 e. The van der Waals surface area contributed by atoms with Crippen LogP contribution in [0.3, 0.4) is 0 Å². The van der Waals surface area contributed by atoms with Crippen LogP contribution < -0.4 is 9.47 Å². The molecule has 2 saturated heterocycles. The fourth-order valence-electron chi connectivity index (χ4n) is 3.45. The van der Waals surface area contributed by atoms with Gasteiger partial charge in [-0.15, -0.1) is 0 Å². The van der Waals surface area contributed by atoms with Crippen LogP contribution in [0.2, 0.25) is 0 Å². The third kappa shape index (κ3) is 3.86. The van der Waals surface area contributed by atoms with Crippen molar-refractivity contribution in [3.63, 3.8) is 0 Å². The number of methoxy groups -OCH3 is 1. The van der Waals surface area contributed by atoms with E-state index in [0.29, 0.717) is 37.7 Å². The third-order valence-electron chi connectivity index (χ3n) is 5.02. The first kappa shape index (κ1) is 18.4. The molecule has 0 atom stereocenters. The minimum atomic E-state index is 0.00524. The lowest BCUT2D eigenvalue weighted by molar-refractivity contribution is -0.145. The number of carbonyl (C=O) groups excluding carboxylic acids is 2. The van der Waals surface area contributed by atoms with E-state index in [2.05, 4.69) is 0 Å². The smallest absolute Gasteiger partial charge is 0.319 e. The van der Waals surface area contributed by atoms with Gasteiger partial charge in [0.25, 0.3) is 0 Å². The highest BCUT2D eigenvalue weighted by Crippen LogP contribution is 2.30. The third-order valence-corrected chi connectivity index (χ3v) is 5.02. The average Bonchev–Trinajstić information content (AvgIpc) is 2.63. The maximum absolute atomic E-state index is 12.6. The first-order chi connectivity index (χ1) is 12.5. The molecule has 0 unspecified atom stereocenters. The molecule has 3 rings (SSSR count). The summed E-state index contributed by atoms with van der Waals surface area (Å²) in [5.74, 6) is 1.60. The molecule has 2 aliphatic rings. The number of carbonyl (C=O) groups is 2. The molecule has 2 fully saturated rings. The van der Waals surface area contributed by atoms with Crippen molar-refractivity contribution < 1.29 is 19.1 Å². The van der Waals surface area contributed by atoms with E-state index < -0.39 is 0 Å². The number of hydrogen-bond donors (Lipinski definition) is 0. The quantitative estimate of drug-likeness (QED) is 0.819. The molecule has 2 aliphatic heterocycles. The highest BCUT2D eigenvalue weighted by atomic mass is 16.5. The summed E-state index contributed by atoms with van der Waals surface area (Å²) in [5.41, 5.74) is 0. The average molecular weight is 361 g/mol. The van der Waals surface area contributed by atoms with E-state index in [-0.39, 0.29) is 24.0 Å².